The molecule has 0 aliphatic carbocycles. The van der Waals surface area contributed by atoms with Gasteiger partial charge in [-0.3, -0.25) is 0 Å². The van der Waals surface area contributed by atoms with E-state index in [9.17, 15) is 0 Å². The molecule has 5 heteroatoms. The Balaban J connectivity index is 0.00000144. The third kappa shape index (κ3) is 5.38. The molecule has 1 heterocycles. The molecular formula is C19H21ClNOSSn+3. The van der Waals surface area contributed by atoms with Gasteiger partial charge in [-0.25, -0.2) is 0 Å². The number of hydrogen-bond donors (Lipinski definition) is 0. The number of benzene rings is 2. The predicted octanol–water partition coefficient (Wildman–Crippen LogP) is 1.60. The summed E-state index contributed by atoms with van der Waals surface area (Å²) in [7, 11) is 4.20. The molecule has 24 heavy (non-hydrogen) atoms. The Bertz CT molecular complexity index is 728. The van der Waals surface area contributed by atoms with E-state index in [-0.39, 0.29) is 42.4 Å². The van der Waals surface area contributed by atoms with Gasteiger partial charge >= 0.3 is 23.9 Å². The molecule has 0 bridgehead atoms. The van der Waals surface area contributed by atoms with Crippen LogP contribution >= 0.6 is 11.3 Å². The molecule has 0 aliphatic heterocycles. The largest absolute Gasteiger partial charge is 4.00 e. The van der Waals surface area contributed by atoms with E-state index in [1.54, 1.807) is 11.3 Å². The van der Waals surface area contributed by atoms with Gasteiger partial charge in [-0.1, -0.05) is 42.5 Å². The van der Waals surface area contributed by atoms with E-state index < -0.39 is 0 Å². The molecule has 0 aliphatic rings. The van der Waals surface area contributed by atoms with Gasteiger partial charge in [0.2, 0.25) is 0 Å². The monoisotopic (exact) mass is 466 g/mol. The second-order valence-corrected chi connectivity index (χ2v) is 6.67. The zero-order valence-corrected chi connectivity index (χ0v) is 18.3. The maximum absolute atomic E-state index is 6.41. The number of ether oxygens (including phenoxy) is 1. The topological polar surface area (TPSA) is 12.5 Å². The number of thiophene rings is 1. The van der Waals surface area contributed by atoms with Crippen LogP contribution < -0.4 is 17.1 Å². The van der Waals surface area contributed by atoms with Gasteiger partial charge in [-0.05, 0) is 37.0 Å². The predicted molar refractivity (Wildman–Crippen MR) is 101 cm³/mol. The van der Waals surface area contributed by atoms with Crippen molar-refractivity contribution in [3.63, 3.8) is 0 Å². The van der Waals surface area contributed by atoms with Gasteiger partial charge in [-0.15, -0.1) is 11.3 Å². The molecule has 0 unspecified atom stereocenters. The van der Waals surface area contributed by atoms with Crippen LogP contribution in [0.3, 0.4) is 0 Å². The molecule has 0 fully saturated rings. The molecule has 3 aromatic rings. The Hall–Kier alpha value is -0.751. The number of fused-ring (bicyclic) bond motifs is 1. The van der Waals surface area contributed by atoms with Gasteiger partial charge in [0, 0.05) is 23.2 Å². The third-order valence-corrected chi connectivity index (χ3v) is 4.68. The molecule has 0 amide bonds. The van der Waals surface area contributed by atoms with Crippen molar-refractivity contribution in [1.82, 2.24) is 4.90 Å². The fraction of sp³-hybridized carbons (Fsp3) is 0.263. The van der Waals surface area contributed by atoms with Crippen LogP contribution in [0.4, 0.5) is 0 Å². The van der Waals surface area contributed by atoms with Crippen LogP contribution in [0.25, 0.3) is 10.8 Å². The van der Waals surface area contributed by atoms with Gasteiger partial charge in [-0.2, -0.15) is 0 Å². The molecule has 3 rings (SSSR count). The van der Waals surface area contributed by atoms with Gasteiger partial charge in [0.05, 0.1) is 0 Å². The first-order valence-electron chi connectivity index (χ1n) is 7.56. The molecule has 0 saturated heterocycles. The van der Waals surface area contributed by atoms with Crippen LogP contribution in [0.2, 0.25) is 0 Å². The molecule has 0 spiro atoms. The number of nitrogens with zero attached hydrogens (tertiary/aromatic N) is 1. The fourth-order valence-electron chi connectivity index (χ4n) is 2.56. The van der Waals surface area contributed by atoms with Crippen LogP contribution in [0, 0.1) is 0 Å². The summed E-state index contributed by atoms with van der Waals surface area (Å²) < 4.78 is 6.41. The minimum absolute atomic E-state index is 0. The van der Waals surface area contributed by atoms with E-state index in [0.717, 1.165) is 18.7 Å². The van der Waals surface area contributed by atoms with Crippen LogP contribution in [0.5, 0.6) is 5.75 Å². The minimum atomic E-state index is 0. The first kappa shape index (κ1) is 21.3. The molecular weight excluding hydrogens is 444 g/mol. The first-order chi connectivity index (χ1) is 10.7. The maximum atomic E-state index is 6.41. The summed E-state index contributed by atoms with van der Waals surface area (Å²) in [4.78, 5) is 3.49. The van der Waals surface area contributed by atoms with E-state index in [2.05, 4.69) is 79.0 Å². The maximum Gasteiger partial charge on any atom is 4.00 e. The zero-order valence-electron chi connectivity index (χ0n) is 13.9. The summed E-state index contributed by atoms with van der Waals surface area (Å²) in [6.45, 7) is 1.01. The van der Waals surface area contributed by atoms with Gasteiger partial charge < -0.3 is 22.0 Å². The molecule has 1 atom stereocenters. The Morgan fingerprint density at radius 1 is 1.00 bits per heavy atom. The molecule has 122 valence electrons. The van der Waals surface area contributed by atoms with Gasteiger partial charge in [0.15, 0.2) is 0 Å². The Morgan fingerprint density at radius 2 is 1.75 bits per heavy atom. The van der Waals surface area contributed by atoms with Gasteiger partial charge in [0.25, 0.3) is 0 Å². The molecule has 1 aromatic heterocycles. The summed E-state index contributed by atoms with van der Waals surface area (Å²) >= 11 is 1.76. The molecule has 0 N–H and O–H groups in total. The van der Waals surface area contributed by atoms with Crippen LogP contribution in [0.15, 0.2) is 60.0 Å². The molecule has 0 saturated carbocycles. The van der Waals surface area contributed by atoms with E-state index in [1.807, 2.05) is 0 Å². The first-order valence-corrected chi connectivity index (χ1v) is 8.44. The minimum Gasteiger partial charge on any atom is -1.00 e. The van der Waals surface area contributed by atoms with Crippen LogP contribution in [-0.4, -0.2) is 49.4 Å². The van der Waals surface area contributed by atoms with E-state index in [0.29, 0.717) is 0 Å². The van der Waals surface area contributed by atoms with Crippen LogP contribution in [-0.2, 0) is 0 Å². The Kier molecular flexibility index (Phi) is 9.13. The SMILES string of the molecule is CN(C)CC[C@H](Oc1cccc2ccccc12)c1cccs1.[Cl-].[Sn+4]. The number of rotatable bonds is 6. The smallest absolute Gasteiger partial charge is 1.00 e. The second-order valence-electron chi connectivity index (χ2n) is 5.69. The van der Waals surface area contributed by atoms with Crippen LogP contribution in [0.1, 0.15) is 17.4 Å². The summed E-state index contributed by atoms with van der Waals surface area (Å²) in [5.41, 5.74) is 0. The molecule has 0 radical (unpaired) electrons. The average Bonchev–Trinajstić information content (AvgIpc) is 3.05. The van der Waals surface area contributed by atoms with Crippen molar-refractivity contribution in [2.45, 2.75) is 12.5 Å². The van der Waals surface area contributed by atoms with Crippen molar-refractivity contribution in [3.8, 4) is 5.75 Å². The van der Waals surface area contributed by atoms with Crippen molar-refractivity contribution >= 4 is 46.0 Å². The van der Waals surface area contributed by atoms with Crippen molar-refractivity contribution < 1.29 is 17.1 Å². The van der Waals surface area contributed by atoms with E-state index in [1.165, 1.54) is 15.6 Å². The van der Waals surface area contributed by atoms with Gasteiger partial charge in [0.1, 0.15) is 11.9 Å². The fourth-order valence-corrected chi connectivity index (χ4v) is 3.35. The number of halogens is 1. The van der Waals surface area contributed by atoms with E-state index >= 15 is 0 Å². The zero-order chi connectivity index (χ0) is 15.4. The second kappa shape index (κ2) is 10.3. The standard InChI is InChI=1S/C19H21NOS.ClH.Sn/c1-20(2)13-12-18(19-11-6-14-22-19)21-17-10-5-8-15-7-3-4-9-16(15)17;;/h3-11,14,18H,12-13H2,1-2H3;1H;/q;;+4/p-1/t18-;;/m0../s1. The third-order valence-electron chi connectivity index (χ3n) is 3.72. The normalized spacial score (nSPS) is 11.6. The summed E-state index contributed by atoms with van der Waals surface area (Å²) in [5.74, 6) is 0.968. The Labute approximate surface area is 171 Å². The summed E-state index contributed by atoms with van der Waals surface area (Å²) in [6, 6.07) is 18.9. The average molecular weight is 466 g/mol. The van der Waals surface area contributed by atoms with Crippen molar-refractivity contribution in [1.29, 1.82) is 0 Å². The summed E-state index contributed by atoms with van der Waals surface area (Å²) in [5, 5.41) is 4.51. The van der Waals surface area contributed by atoms with Crippen molar-refractivity contribution in [2.75, 3.05) is 20.6 Å². The van der Waals surface area contributed by atoms with Crippen molar-refractivity contribution in [3.05, 3.63) is 64.9 Å². The molecule has 2 nitrogen and oxygen atoms in total. The van der Waals surface area contributed by atoms with E-state index in [4.69, 9.17) is 4.74 Å². The quantitative estimate of drug-likeness (QED) is 0.513. The van der Waals surface area contributed by atoms with Crippen molar-refractivity contribution in [2.24, 2.45) is 0 Å². The molecule has 2 aromatic carbocycles. The Morgan fingerprint density at radius 3 is 2.46 bits per heavy atom. The number of hydrogen-bond acceptors (Lipinski definition) is 3. The summed E-state index contributed by atoms with van der Waals surface area (Å²) in [6.07, 6.45) is 1.09.